The molecule has 2 heterocycles. The number of fused-ring (bicyclic) bond motifs is 1. The second kappa shape index (κ2) is 7.07. The molecule has 1 aliphatic rings. The van der Waals surface area contributed by atoms with Gasteiger partial charge in [-0.25, -0.2) is 4.98 Å². The summed E-state index contributed by atoms with van der Waals surface area (Å²) < 4.78 is 0. The van der Waals surface area contributed by atoms with Crippen LogP contribution in [0.4, 0.5) is 5.13 Å². The fraction of sp³-hybridized carbons (Fsp3) is 0.200. The molecule has 3 aromatic rings. The number of amides is 1. The highest BCUT2D eigenvalue weighted by Gasteiger charge is 2.20. The zero-order valence-corrected chi connectivity index (χ0v) is 14.6. The Hall–Kier alpha value is -2.66. The fourth-order valence-corrected chi connectivity index (χ4v) is 3.87. The number of nitrogens with one attached hydrogen (secondary N) is 1. The van der Waals surface area contributed by atoms with Crippen molar-refractivity contribution in [3.05, 3.63) is 82.4 Å². The Kier molecular flexibility index (Phi) is 4.48. The van der Waals surface area contributed by atoms with E-state index in [0.717, 1.165) is 30.2 Å². The van der Waals surface area contributed by atoms with Crippen molar-refractivity contribution in [2.24, 2.45) is 0 Å². The summed E-state index contributed by atoms with van der Waals surface area (Å²) in [5, 5.41) is 5.69. The van der Waals surface area contributed by atoms with Crippen molar-refractivity contribution < 1.29 is 4.79 Å². The largest absolute Gasteiger partial charge is 0.347 e. The van der Waals surface area contributed by atoms with E-state index in [2.05, 4.69) is 39.5 Å². The van der Waals surface area contributed by atoms with Crippen LogP contribution in [0.1, 0.15) is 27.2 Å². The highest BCUT2D eigenvalue weighted by Crippen LogP contribution is 2.27. The molecule has 0 aliphatic carbocycles. The molecular formula is C20H19N3OS. The number of carbonyl (C=O) groups excluding carboxylic acids is 1. The van der Waals surface area contributed by atoms with E-state index in [1.807, 2.05) is 35.7 Å². The first-order chi connectivity index (χ1) is 12.3. The molecule has 1 amide bonds. The van der Waals surface area contributed by atoms with E-state index in [4.69, 9.17) is 0 Å². The smallest absolute Gasteiger partial charge is 0.271 e. The van der Waals surface area contributed by atoms with E-state index in [1.54, 1.807) is 0 Å². The van der Waals surface area contributed by atoms with Crippen LogP contribution >= 0.6 is 11.3 Å². The lowest BCUT2D eigenvalue weighted by molar-refractivity contribution is 0.0946. The molecule has 4 rings (SSSR count). The van der Waals surface area contributed by atoms with Crippen LogP contribution in [0, 0.1) is 0 Å². The highest BCUT2D eigenvalue weighted by molar-refractivity contribution is 7.13. The summed E-state index contributed by atoms with van der Waals surface area (Å²) in [5.74, 6) is -0.122. The average molecular weight is 349 g/mol. The average Bonchev–Trinajstić information content (AvgIpc) is 3.17. The molecule has 0 radical (unpaired) electrons. The summed E-state index contributed by atoms with van der Waals surface area (Å²) in [5.41, 5.74) is 4.34. The van der Waals surface area contributed by atoms with Crippen molar-refractivity contribution in [1.82, 2.24) is 10.3 Å². The molecule has 4 nitrogen and oxygen atoms in total. The molecule has 2 aromatic carbocycles. The normalized spacial score (nSPS) is 13.4. The summed E-state index contributed by atoms with van der Waals surface area (Å²) in [6, 6.07) is 18.4. The number of thiazole rings is 1. The number of rotatable bonds is 4. The molecule has 1 aromatic heterocycles. The van der Waals surface area contributed by atoms with E-state index in [-0.39, 0.29) is 5.91 Å². The lowest BCUT2D eigenvalue weighted by atomic mass is 10.0. The Balaban J connectivity index is 1.41. The minimum atomic E-state index is -0.122. The second-order valence-corrected chi connectivity index (χ2v) is 6.96. The second-order valence-electron chi connectivity index (χ2n) is 6.12. The number of hydrogen-bond donors (Lipinski definition) is 1. The molecule has 0 unspecified atom stereocenters. The first kappa shape index (κ1) is 15.8. The fourth-order valence-electron chi connectivity index (χ4n) is 3.04. The monoisotopic (exact) mass is 349 g/mol. The van der Waals surface area contributed by atoms with E-state index >= 15 is 0 Å². The van der Waals surface area contributed by atoms with Crippen LogP contribution in [0.5, 0.6) is 0 Å². The standard InChI is InChI=1S/C20H19N3OS/c24-19(21-12-15-6-2-1-3-7-15)18-14-25-20(22-18)23-11-10-16-8-4-5-9-17(16)13-23/h1-9,14H,10-13H2,(H,21,24). The first-order valence-electron chi connectivity index (χ1n) is 8.39. The molecule has 1 aliphatic heterocycles. The molecule has 25 heavy (non-hydrogen) atoms. The summed E-state index contributed by atoms with van der Waals surface area (Å²) in [6.45, 7) is 2.31. The lowest BCUT2D eigenvalue weighted by Gasteiger charge is -2.28. The van der Waals surface area contributed by atoms with Gasteiger partial charge in [0.25, 0.3) is 5.91 Å². The van der Waals surface area contributed by atoms with Crippen molar-refractivity contribution in [3.63, 3.8) is 0 Å². The summed E-state index contributed by atoms with van der Waals surface area (Å²) in [6.07, 6.45) is 1.02. The van der Waals surface area contributed by atoms with Gasteiger partial charge in [0, 0.05) is 25.0 Å². The van der Waals surface area contributed by atoms with Crippen LogP contribution in [0.3, 0.4) is 0 Å². The predicted octanol–water partition coefficient (Wildman–Crippen LogP) is 3.64. The van der Waals surface area contributed by atoms with E-state index < -0.39 is 0 Å². The van der Waals surface area contributed by atoms with Crippen molar-refractivity contribution in [1.29, 1.82) is 0 Å². The van der Waals surface area contributed by atoms with Crippen molar-refractivity contribution in [2.45, 2.75) is 19.5 Å². The van der Waals surface area contributed by atoms with Gasteiger partial charge in [-0.1, -0.05) is 54.6 Å². The number of benzene rings is 2. The quantitative estimate of drug-likeness (QED) is 0.782. The van der Waals surface area contributed by atoms with Gasteiger partial charge in [0.2, 0.25) is 0 Å². The van der Waals surface area contributed by atoms with Gasteiger partial charge in [0.15, 0.2) is 5.13 Å². The molecule has 0 saturated heterocycles. The maximum Gasteiger partial charge on any atom is 0.271 e. The van der Waals surface area contributed by atoms with Gasteiger partial charge in [0.1, 0.15) is 5.69 Å². The highest BCUT2D eigenvalue weighted by atomic mass is 32.1. The minimum Gasteiger partial charge on any atom is -0.347 e. The number of nitrogens with zero attached hydrogens (tertiary/aromatic N) is 2. The zero-order valence-electron chi connectivity index (χ0n) is 13.8. The Labute approximate surface area is 151 Å². The Morgan fingerprint density at radius 3 is 2.68 bits per heavy atom. The number of aromatic nitrogens is 1. The zero-order chi connectivity index (χ0) is 17.1. The molecule has 5 heteroatoms. The van der Waals surface area contributed by atoms with E-state index in [0.29, 0.717) is 12.2 Å². The Morgan fingerprint density at radius 2 is 1.84 bits per heavy atom. The number of carbonyl (C=O) groups is 1. The topological polar surface area (TPSA) is 45.2 Å². The molecule has 0 atom stereocenters. The van der Waals surface area contributed by atoms with Crippen LogP contribution in [-0.2, 0) is 19.5 Å². The summed E-state index contributed by atoms with van der Waals surface area (Å²) in [7, 11) is 0. The summed E-state index contributed by atoms with van der Waals surface area (Å²) >= 11 is 1.53. The van der Waals surface area contributed by atoms with Gasteiger partial charge < -0.3 is 10.2 Å². The van der Waals surface area contributed by atoms with Crippen LogP contribution < -0.4 is 10.2 Å². The number of anilines is 1. The molecule has 0 bridgehead atoms. The van der Waals surface area contributed by atoms with Crippen LogP contribution in [0.2, 0.25) is 0 Å². The van der Waals surface area contributed by atoms with Crippen LogP contribution in [0.25, 0.3) is 0 Å². The van der Waals surface area contributed by atoms with E-state index in [9.17, 15) is 4.79 Å². The van der Waals surface area contributed by atoms with Gasteiger partial charge in [-0.2, -0.15) is 0 Å². The van der Waals surface area contributed by atoms with Gasteiger partial charge in [-0.05, 0) is 23.1 Å². The van der Waals surface area contributed by atoms with Gasteiger partial charge in [-0.15, -0.1) is 11.3 Å². The molecule has 126 valence electrons. The maximum absolute atomic E-state index is 12.3. The SMILES string of the molecule is O=C(NCc1ccccc1)c1csc(N2CCc3ccccc3C2)n1. The number of hydrogen-bond acceptors (Lipinski definition) is 4. The maximum atomic E-state index is 12.3. The van der Waals surface area contributed by atoms with Crippen molar-refractivity contribution in [3.8, 4) is 0 Å². The lowest BCUT2D eigenvalue weighted by Crippen LogP contribution is -2.30. The molecular weight excluding hydrogens is 330 g/mol. The van der Waals surface area contributed by atoms with Crippen molar-refractivity contribution in [2.75, 3.05) is 11.4 Å². The van der Waals surface area contributed by atoms with Gasteiger partial charge in [-0.3, -0.25) is 4.79 Å². The van der Waals surface area contributed by atoms with Gasteiger partial charge in [0.05, 0.1) is 0 Å². The minimum absolute atomic E-state index is 0.122. The summed E-state index contributed by atoms with van der Waals surface area (Å²) in [4.78, 5) is 19.1. The first-order valence-corrected chi connectivity index (χ1v) is 9.27. The molecule has 0 saturated carbocycles. The molecule has 0 spiro atoms. The predicted molar refractivity (Wildman–Crippen MR) is 101 cm³/mol. The van der Waals surface area contributed by atoms with Crippen LogP contribution in [-0.4, -0.2) is 17.4 Å². The third-order valence-corrected chi connectivity index (χ3v) is 5.32. The molecule has 0 fully saturated rings. The van der Waals surface area contributed by atoms with E-state index in [1.165, 1.54) is 22.5 Å². The van der Waals surface area contributed by atoms with Crippen molar-refractivity contribution >= 4 is 22.4 Å². The Bertz CT molecular complexity index is 875. The van der Waals surface area contributed by atoms with Crippen LogP contribution in [0.15, 0.2) is 60.0 Å². The Morgan fingerprint density at radius 1 is 1.08 bits per heavy atom. The third-order valence-electron chi connectivity index (χ3n) is 4.42. The van der Waals surface area contributed by atoms with Gasteiger partial charge >= 0.3 is 0 Å². The molecule has 1 N–H and O–H groups in total. The third kappa shape index (κ3) is 3.56.